The molecule has 0 amide bonds. The van der Waals surface area contributed by atoms with E-state index in [4.69, 9.17) is 4.74 Å². The maximum Gasteiger partial charge on any atom is 0.400 e. The van der Waals surface area contributed by atoms with Gasteiger partial charge in [0.05, 0.1) is 11.5 Å². The number of halogens is 5. The van der Waals surface area contributed by atoms with Gasteiger partial charge in [-0.1, -0.05) is 57.6 Å². The lowest BCUT2D eigenvalue weighted by Gasteiger charge is -2.42. The lowest BCUT2D eigenvalue weighted by atomic mass is 9.65. The van der Waals surface area contributed by atoms with Crippen molar-refractivity contribution in [3.63, 3.8) is 0 Å². The van der Waals surface area contributed by atoms with E-state index >= 15 is 8.78 Å². The van der Waals surface area contributed by atoms with E-state index in [9.17, 15) is 13.2 Å². The Labute approximate surface area is 248 Å². The molecule has 1 nitrogen and oxygen atoms in total. The molecule has 2 aromatic carbocycles. The maximum atomic E-state index is 15.2. The first-order valence-electron chi connectivity index (χ1n) is 16.5. The number of benzene rings is 2. The molecule has 5 rings (SSSR count). The summed E-state index contributed by atoms with van der Waals surface area (Å²) in [6, 6.07) is 6.26. The van der Waals surface area contributed by atoms with Crippen LogP contribution < -0.4 is 4.74 Å². The minimum Gasteiger partial charge on any atom is -0.432 e. The minimum absolute atomic E-state index is 0.127. The first kappa shape index (κ1) is 31.3. The Hall–Kier alpha value is -2.11. The zero-order valence-electron chi connectivity index (χ0n) is 25.0. The monoisotopic (exact) mass is 590 g/mol. The highest BCUT2D eigenvalue weighted by molar-refractivity contribution is 5.65. The van der Waals surface area contributed by atoms with E-state index in [0.29, 0.717) is 24.7 Å². The molecule has 0 radical (unpaired) electrons. The van der Waals surface area contributed by atoms with E-state index in [-0.39, 0.29) is 5.56 Å². The molecule has 232 valence electrons. The number of hydrogen-bond donors (Lipinski definition) is 0. The number of hydrogen-bond acceptors (Lipinski definition) is 1. The highest BCUT2D eigenvalue weighted by Crippen LogP contribution is 2.48. The van der Waals surface area contributed by atoms with Gasteiger partial charge in [-0.15, -0.1) is 0 Å². The Morgan fingerprint density at radius 1 is 0.667 bits per heavy atom. The fourth-order valence-corrected chi connectivity index (χ4v) is 8.39. The maximum absolute atomic E-state index is 15.2. The van der Waals surface area contributed by atoms with Crippen molar-refractivity contribution in [3.05, 3.63) is 53.8 Å². The van der Waals surface area contributed by atoms with Crippen molar-refractivity contribution in [2.24, 2.45) is 35.5 Å². The summed E-state index contributed by atoms with van der Waals surface area (Å²) < 4.78 is 77.9. The van der Waals surface area contributed by atoms with Gasteiger partial charge >= 0.3 is 6.11 Å². The van der Waals surface area contributed by atoms with Crippen molar-refractivity contribution < 1.29 is 26.7 Å². The minimum atomic E-state index is -3.51. The van der Waals surface area contributed by atoms with Gasteiger partial charge in [0.25, 0.3) is 0 Å². The Balaban J connectivity index is 1.07. The third kappa shape index (κ3) is 7.69. The van der Waals surface area contributed by atoms with Gasteiger partial charge in [-0.05, 0) is 111 Å². The smallest absolute Gasteiger partial charge is 0.400 e. The second-order valence-electron chi connectivity index (χ2n) is 13.5. The van der Waals surface area contributed by atoms with Gasteiger partial charge in [0.15, 0.2) is 0 Å². The van der Waals surface area contributed by atoms with Crippen molar-refractivity contribution in [2.45, 2.75) is 116 Å². The number of ether oxygens (including phenoxy) is 1. The van der Waals surface area contributed by atoms with Crippen LogP contribution in [0, 0.1) is 53.0 Å². The molecule has 0 saturated heterocycles. The van der Waals surface area contributed by atoms with E-state index in [1.807, 2.05) is 0 Å². The molecule has 0 N–H and O–H groups in total. The Morgan fingerprint density at radius 3 is 1.64 bits per heavy atom. The quantitative estimate of drug-likeness (QED) is 0.198. The molecule has 3 aliphatic carbocycles. The van der Waals surface area contributed by atoms with E-state index in [0.717, 1.165) is 54.9 Å². The van der Waals surface area contributed by atoms with Crippen LogP contribution in [0.5, 0.6) is 5.75 Å². The highest BCUT2D eigenvalue weighted by atomic mass is 19.3. The predicted molar refractivity (Wildman–Crippen MR) is 158 cm³/mol. The average molecular weight is 591 g/mol. The molecule has 42 heavy (non-hydrogen) atoms. The Bertz CT molecular complexity index is 1100. The predicted octanol–water partition coefficient (Wildman–Crippen LogP) is 11.7. The molecule has 0 aliphatic heterocycles. The topological polar surface area (TPSA) is 9.23 Å². The third-order valence-electron chi connectivity index (χ3n) is 10.9. The van der Waals surface area contributed by atoms with Gasteiger partial charge in [0.2, 0.25) is 0 Å². The highest BCUT2D eigenvalue weighted by Gasteiger charge is 2.45. The summed E-state index contributed by atoms with van der Waals surface area (Å²) in [5.74, 6) is -0.286. The SMILES string of the molecule is CCCCCC1CCC(C2CCC(C3CCC(C(F)(F)Oc4cc(F)c(-c5ccc(F)cc5)c(F)c4)CC3)CC2)CC1. The lowest BCUT2D eigenvalue weighted by Crippen LogP contribution is -2.38. The molecule has 6 heteroatoms. The molecular formula is C36H47F5O. The number of alkyl halides is 2. The normalized spacial score (nSPS) is 28.9. The second-order valence-corrected chi connectivity index (χ2v) is 13.5. The van der Waals surface area contributed by atoms with E-state index in [1.54, 1.807) is 0 Å². The summed E-state index contributed by atoms with van der Waals surface area (Å²) in [4.78, 5) is 0. The third-order valence-corrected chi connectivity index (χ3v) is 10.9. The fourth-order valence-electron chi connectivity index (χ4n) is 8.39. The first-order chi connectivity index (χ1) is 20.2. The molecular weight excluding hydrogens is 543 g/mol. The van der Waals surface area contributed by atoms with Crippen LogP contribution >= 0.6 is 0 Å². The van der Waals surface area contributed by atoms with Crippen molar-refractivity contribution >= 4 is 0 Å². The summed E-state index contributed by atoms with van der Waals surface area (Å²) in [7, 11) is 0. The number of rotatable bonds is 10. The van der Waals surface area contributed by atoms with Crippen molar-refractivity contribution in [1.29, 1.82) is 0 Å². The van der Waals surface area contributed by atoms with Crippen LogP contribution in [0.3, 0.4) is 0 Å². The average Bonchev–Trinajstić information content (AvgIpc) is 2.98. The van der Waals surface area contributed by atoms with Crippen LogP contribution in [0.2, 0.25) is 0 Å². The first-order valence-corrected chi connectivity index (χ1v) is 16.5. The van der Waals surface area contributed by atoms with E-state index in [2.05, 4.69) is 6.92 Å². The molecule has 2 aromatic rings. The molecule has 3 fully saturated rings. The van der Waals surface area contributed by atoms with Gasteiger partial charge in [-0.2, -0.15) is 8.78 Å². The summed E-state index contributed by atoms with van der Waals surface area (Å²) in [6.07, 6.45) is 14.8. The summed E-state index contributed by atoms with van der Waals surface area (Å²) >= 11 is 0. The fraction of sp³-hybridized carbons (Fsp3) is 0.667. The van der Waals surface area contributed by atoms with Crippen molar-refractivity contribution in [1.82, 2.24) is 0 Å². The molecule has 0 unspecified atom stereocenters. The summed E-state index contributed by atoms with van der Waals surface area (Å²) in [5, 5.41) is 0. The molecule has 3 saturated carbocycles. The van der Waals surface area contributed by atoms with Gasteiger partial charge in [0.1, 0.15) is 23.2 Å². The molecule has 0 spiro atoms. The summed E-state index contributed by atoms with van der Waals surface area (Å²) in [5.41, 5.74) is -0.266. The number of unbranched alkanes of at least 4 members (excludes halogenated alkanes) is 2. The van der Waals surface area contributed by atoms with Gasteiger partial charge < -0.3 is 4.74 Å². The molecule has 0 bridgehead atoms. The zero-order valence-corrected chi connectivity index (χ0v) is 25.0. The lowest BCUT2D eigenvalue weighted by molar-refractivity contribution is -0.224. The van der Waals surface area contributed by atoms with Gasteiger partial charge in [-0.25, -0.2) is 13.2 Å². The van der Waals surface area contributed by atoms with Crippen LogP contribution in [-0.2, 0) is 0 Å². The van der Waals surface area contributed by atoms with Gasteiger partial charge in [0, 0.05) is 12.1 Å². The van der Waals surface area contributed by atoms with Crippen LogP contribution in [0.4, 0.5) is 22.0 Å². The molecule has 0 atom stereocenters. The second kappa shape index (κ2) is 14.1. The van der Waals surface area contributed by atoms with Gasteiger partial charge in [-0.3, -0.25) is 0 Å². The molecule has 0 heterocycles. The standard InChI is InChI=1S/C36H47F5O/c1-2-3-4-5-24-6-8-25(9-7-24)26-10-12-27(13-11-26)28-14-18-30(19-15-28)36(40,41)42-32-22-33(38)35(34(39)23-32)29-16-20-31(37)21-17-29/h16-17,20-28,30H,2-15,18-19H2,1H3. The van der Waals surface area contributed by atoms with E-state index in [1.165, 1.54) is 89.2 Å². The largest absolute Gasteiger partial charge is 0.432 e. The van der Waals surface area contributed by atoms with Crippen LogP contribution in [0.15, 0.2) is 36.4 Å². The van der Waals surface area contributed by atoms with Crippen LogP contribution in [-0.4, -0.2) is 6.11 Å². The zero-order chi connectivity index (χ0) is 29.7. The van der Waals surface area contributed by atoms with Crippen molar-refractivity contribution in [2.75, 3.05) is 0 Å². The Kier molecular flexibility index (Phi) is 10.5. The van der Waals surface area contributed by atoms with Crippen molar-refractivity contribution in [3.8, 4) is 16.9 Å². The van der Waals surface area contributed by atoms with Crippen LogP contribution in [0.1, 0.15) is 110 Å². The Morgan fingerprint density at radius 2 is 1.14 bits per heavy atom. The van der Waals surface area contributed by atoms with E-state index < -0.39 is 40.8 Å². The summed E-state index contributed by atoms with van der Waals surface area (Å²) in [6.45, 7) is 2.27. The van der Waals surface area contributed by atoms with Crippen LogP contribution in [0.25, 0.3) is 11.1 Å². The molecule has 3 aliphatic rings. The molecule has 0 aromatic heterocycles.